The molecule has 1 saturated carbocycles. The Morgan fingerprint density at radius 2 is 2.07 bits per heavy atom. The van der Waals surface area contributed by atoms with E-state index in [0.29, 0.717) is 0 Å². The van der Waals surface area contributed by atoms with Crippen molar-refractivity contribution in [2.75, 3.05) is 13.7 Å². The van der Waals surface area contributed by atoms with Crippen molar-refractivity contribution in [1.82, 2.24) is 4.90 Å². The quantitative estimate of drug-likeness (QED) is 0.648. The number of hydrogen-bond donors (Lipinski definition) is 2. The molecular formula is C11H24N3+. The van der Waals surface area contributed by atoms with Crippen LogP contribution in [0.5, 0.6) is 0 Å². The first-order chi connectivity index (χ1) is 6.54. The van der Waals surface area contributed by atoms with Gasteiger partial charge in [0.2, 0.25) is 0 Å². The molecule has 1 aliphatic carbocycles. The van der Waals surface area contributed by atoms with Crippen LogP contribution in [0.25, 0.3) is 0 Å². The summed E-state index contributed by atoms with van der Waals surface area (Å²) in [5.74, 6) is 0. The highest BCUT2D eigenvalue weighted by atomic mass is 15.2. The number of hydrogen-bond acceptors (Lipinski definition) is 2. The van der Waals surface area contributed by atoms with Crippen LogP contribution in [0.2, 0.25) is 0 Å². The van der Waals surface area contributed by atoms with Crippen LogP contribution in [0, 0.1) is 5.41 Å². The van der Waals surface area contributed by atoms with Crippen molar-refractivity contribution in [2.45, 2.75) is 38.6 Å². The first kappa shape index (κ1) is 11.5. The van der Waals surface area contributed by atoms with Gasteiger partial charge in [-0.2, -0.15) is 0 Å². The molecule has 0 heterocycles. The normalized spacial score (nSPS) is 22.0. The molecule has 5 N–H and O–H groups in total. The van der Waals surface area contributed by atoms with Crippen molar-refractivity contribution in [3.05, 3.63) is 12.3 Å². The van der Waals surface area contributed by atoms with Gasteiger partial charge in [0.05, 0.1) is 0 Å². The minimum absolute atomic E-state index is 0.145. The lowest BCUT2D eigenvalue weighted by atomic mass is 9.76. The number of nitrogens with two attached hydrogens (primary N) is 1. The molecule has 0 spiro atoms. The van der Waals surface area contributed by atoms with E-state index in [0.717, 1.165) is 6.67 Å². The Hall–Kier alpha value is -0.540. The molecule has 0 saturated heterocycles. The Labute approximate surface area is 87.1 Å². The van der Waals surface area contributed by atoms with Crippen LogP contribution >= 0.6 is 0 Å². The summed E-state index contributed by atoms with van der Waals surface area (Å²) in [4.78, 5) is 2.13. The summed E-state index contributed by atoms with van der Waals surface area (Å²) in [5, 5.41) is 0. The third kappa shape index (κ3) is 1.79. The summed E-state index contributed by atoms with van der Waals surface area (Å²) in [6.45, 7) is 7.08. The van der Waals surface area contributed by atoms with Crippen LogP contribution in [0.1, 0.15) is 32.6 Å². The van der Waals surface area contributed by atoms with Gasteiger partial charge >= 0.3 is 0 Å². The molecule has 1 fully saturated rings. The standard InChI is InChI=1S/C11H23N3/c1-9(13)11(6-4-5-7-11)10(2)14(3)8-12/h9H,2,4-8,12-13H2,1,3H3/p+1. The summed E-state index contributed by atoms with van der Waals surface area (Å²) in [7, 11) is 2.05. The molecule has 0 aromatic heterocycles. The predicted molar refractivity (Wildman–Crippen MR) is 59.2 cm³/mol. The highest BCUT2D eigenvalue weighted by molar-refractivity contribution is 5.14. The molecule has 1 rings (SSSR count). The maximum Gasteiger partial charge on any atom is 0.149 e. The second-order valence-corrected chi connectivity index (χ2v) is 4.52. The first-order valence-corrected chi connectivity index (χ1v) is 5.50. The molecular weight excluding hydrogens is 174 g/mol. The second-order valence-electron chi connectivity index (χ2n) is 4.52. The van der Waals surface area contributed by atoms with E-state index in [1.165, 1.54) is 31.4 Å². The Kier molecular flexibility index (Phi) is 3.56. The highest BCUT2D eigenvalue weighted by Crippen LogP contribution is 2.46. The van der Waals surface area contributed by atoms with Crippen molar-refractivity contribution in [2.24, 2.45) is 11.1 Å². The van der Waals surface area contributed by atoms with Gasteiger partial charge in [-0.3, -0.25) is 0 Å². The Bertz CT molecular complexity index is 205. The zero-order valence-corrected chi connectivity index (χ0v) is 9.55. The van der Waals surface area contributed by atoms with E-state index in [1.54, 1.807) is 0 Å². The Morgan fingerprint density at radius 1 is 1.57 bits per heavy atom. The lowest BCUT2D eigenvalue weighted by Gasteiger charge is -2.38. The van der Waals surface area contributed by atoms with Crippen molar-refractivity contribution < 1.29 is 5.73 Å². The predicted octanol–water partition coefficient (Wildman–Crippen LogP) is 0.539. The molecule has 0 radical (unpaired) electrons. The van der Waals surface area contributed by atoms with Gasteiger partial charge in [-0.05, 0) is 19.8 Å². The molecule has 3 nitrogen and oxygen atoms in total. The van der Waals surface area contributed by atoms with Gasteiger partial charge in [-0.25, -0.2) is 0 Å². The lowest BCUT2D eigenvalue weighted by molar-refractivity contribution is -0.396. The summed E-state index contributed by atoms with van der Waals surface area (Å²) in [6.07, 6.45) is 4.94. The van der Waals surface area contributed by atoms with E-state index in [-0.39, 0.29) is 11.5 Å². The molecule has 1 atom stereocenters. The van der Waals surface area contributed by atoms with Gasteiger partial charge in [-0.1, -0.05) is 19.4 Å². The first-order valence-electron chi connectivity index (χ1n) is 5.50. The molecule has 0 bridgehead atoms. The zero-order chi connectivity index (χ0) is 10.8. The molecule has 0 aromatic rings. The Balaban J connectivity index is 2.82. The van der Waals surface area contributed by atoms with Gasteiger partial charge < -0.3 is 16.4 Å². The van der Waals surface area contributed by atoms with Crippen LogP contribution in [0.3, 0.4) is 0 Å². The van der Waals surface area contributed by atoms with E-state index in [9.17, 15) is 0 Å². The van der Waals surface area contributed by atoms with Gasteiger partial charge in [0, 0.05) is 24.2 Å². The van der Waals surface area contributed by atoms with Gasteiger partial charge in [0.25, 0.3) is 0 Å². The van der Waals surface area contributed by atoms with Gasteiger partial charge in [-0.15, -0.1) is 0 Å². The average Bonchev–Trinajstić information content (AvgIpc) is 2.65. The minimum Gasteiger partial charge on any atom is -0.340 e. The summed E-state index contributed by atoms with van der Waals surface area (Å²) in [5.41, 5.74) is 11.3. The molecule has 1 unspecified atom stereocenters. The average molecular weight is 198 g/mol. The van der Waals surface area contributed by atoms with E-state index in [1.807, 2.05) is 0 Å². The van der Waals surface area contributed by atoms with Crippen molar-refractivity contribution in [1.29, 1.82) is 0 Å². The molecule has 0 amide bonds. The van der Waals surface area contributed by atoms with Crippen LogP contribution in [-0.4, -0.2) is 24.7 Å². The molecule has 0 aliphatic heterocycles. The summed E-state index contributed by atoms with van der Waals surface area (Å²) >= 11 is 0. The Morgan fingerprint density at radius 3 is 2.43 bits per heavy atom. The van der Waals surface area contributed by atoms with Crippen molar-refractivity contribution in [3.63, 3.8) is 0 Å². The number of quaternary nitrogens is 1. The molecule has 14 heavy (non-hydrogen) atoms. The molecule has 82 valence electrons. The topological polar surface area (TPSA) is 56.9 Å². The van der Waals surface area contributed by atoms with Crippen LogP contribution in [0.4, 0.5) is 0 Å². The van der Waals surface area contributed by atoms with Crippen molar-refractivity contribution >= 4 is 0 Å². The van der Waals surface area contributed by atoms with Crippen LogP contribution in [0.15, 0.2) is 12.3 Å². The van der Waals surface area contributed by atoms with E-state index < -0.39 is 0 Å². The number of rotatable bonds is 4. The maximum absolute atomic E-state index is 6.12. The lowest BCUT2D eigenvalue weighted by Crippen LogP contribution is -2.59. The van der Waals surface area contributed by atoms with Crippen molar-refractivity contribution in [3.8, 4) is 0 Å². The van der Waals surface area contributed by atoms with Crippen LogP contribution in [-0.2, 0) is 0 Å². The fraction of sp³-hybridized carbons (Fsp3) is 0.818. The van der Waals surface area contributed by atoms with E-state index in [2.05, 4.69) is 31.2 Å². The second kappa shape index (κ2) is 4.32. The largest absolute Gasteiger partial charge is 0.340 e. The molecule has 0 aromatic carbocycles. The van der Waals surface area contributed by atoms with E-state index >= 15 is 0 Å². The van der Waals surface area contributed by atoms with Gasteiger partial charge in [0.15, 0.2) is 0 Å². The number of nitrogens with zero attached hydrogens (tertiary/aromatic N) is 1. The summed E-state index contributed by atoms with van der Waals surface area (Å²) in [6, 6.07) is 0.200. The molecule has 3 heteroatoms. The van der Waals surface area contributed by atoms with E-state index in [4.69, 9.17) is 5.73 Å². The monoisotopic (exact) mass is 198 g/mol. The fourth-order valence-electron chi connectivity index (χ4n) is 2.53. The minimum atomic E-state index is 0.145. The highest BCUT2D eigenvalue weighted by Gasteiger charge is 2.41. The van der Waals surface area contributed by atoms with Crippen LogP contribution < -0.4 is 11.5 Å². The third-order valence-corrected chi connectivity index (χ3v) is 3.74. The SMILES string of the molecule is C=C(N(C)C[NH3+])C1(C(C)N)CCCC1. The smallest absolute Gasteiger partial charge is 0.149 e. The zero-order valence-electron chi connectivity index (χ0n) is 9.55. The fourth-order valence-corrected chi connectivity index (χ4v) is 2.53. The molecule has 1 aliphatic rings. The summed E-state index contributed by atoms with van der Waals surface area (Å²) < 4.78 is 0. The van der Waals surface area contributed by atoms with Gasteiger partial charge in [0.1, 0.15) is 6.67 Å². The maximum atomic E-state index is 6.12. The third-order valence-electron chi connectivity index (χ3n) is 3.74.